The zero-order chi connectivity index (χ0) is 14.2. The zero-order valence-electron chi connectivity index (χ0n) is 12.4. The van der Waals surface area contributed by atoms with Crippen LogP contribution in [0, 0.1) is 0 Å². The van der Waals surface area contributed by atoms with Crippen LogP contribution in [0.3, 0.4) is 0 Å². The molecule has 0 aliphatic carbocycles. The summed E-state index contributed by atoms with van der Waals surface area (Å²) in [6.45, 7) is 9.44. The average molecular weight is 284 g/mol. The Kier molecular flexibility index (Phi) is 6.72. The minimum absolute atomic E-state index is 0.253. The number of carbonyl (C=O) groups excluding carboxylic acids is 1. The number of ether oxygens (including phenoxy) is 1. The summed E-state index contributed by atoms with van der Waals surface area (Å²) < 4.78 is 5.29. The fourth-order valence-electron chi connectivity index (χ4n) is 2.83. The monoisotopic (exact) mass is 284 g/mol. The second-order valence-electron chi connectivity index (χ2n) is 5.61. The molecule has 0 unspecified atom stereocenters. The van der Waals surface area contributed by atoms with Crippen molar-refractivity contribution in [3.63, 3.8) is 0 Å². The van der Waals surface area contributed by atoms with E-state index in [-0.39, 0.29) is 5.91 Å². The van der Waals surface area contributed by atoms with Crippen LogP contribution >= 0.6 is 0 Å². The molecule has 2 N–H and O–H groups in total. The maximum Gasteiger partial charge on any atom is 0.236 e. The smallest absolute Gasteiger partial charge is 0.236 e. The van der Waals surface area contributed by atoms with Gasteiger partial charge >= 0.3 is 0 Å². The molecule has 0 aromatic rings. The highest BCUT2D eigenvalue weighted by Gasteiger charge is 2.21. The largest absolute Gasteiger partial charge is 0.378 e. The molecular formula is C14H28N4O2. The van der Waals surface area contributed by atoms with Crippen LogP contribution in [0.4, 0.5) is 0 Å². The van der Waals surface area contributed by atoms with E-state index in [1.165, 1.54) is 0 Å². The fraction of sp³-hybridized carbons (Fsp3) is 0.929. The molecule has 116 valence electrons. The highest BCUT2D eigenvalue weighted by molar-refractivity contribution is 5.78. The summed E-state index contributed by atoms with van der Waals surface area (Å²) in [5.74, 6) is 0.253. The lowest BCUT2D eigenvalue weighted by molar-refractivity contribution is -0.136. The standard InChI is InChI=1S/C14H28N4O2/c15-3-1-4-16-5-2-6-17(8-7-16)13-14(19)18-9-11-20-12-10-18/h1-13,15H2. The molecule has 2 heterocycles. The molecule has 0 aromatic carbocycles. The Morgan fingerprint density at radius 2 is 1.70 bits per heavy atom. The van der Waals surface area contributed by atoms with Crippen molar-refractivity contribution in [2.45, 2.75) is 12.8 Å². The van der Waals surface area contributed by atoms with Gasteiger partial charge in [0.2, 0.25) is 5.91 Å². The van der Waals surface area contributed by atoms with Crippen molar-refractivity contribution < 1.29 is 9.53 Å². The van der Waals surface area contributed by atoms with Crippen LogP contribution in [0.15, 0.2) is 0 Å². The van der Waals surface area contributed by atoms with E-state index >= 15 is 0 Å². The van der Waals surface area contributed by atoms with E-state index < -0.39 is 0 Å². The van der Waals surface area contributed by atoms with Crippen molar-refractivity contribution in [1.29, 1.82) is 0 Å². The minimum atomic E-state index is 0.253. The molecular weight excluding hydrogens is 256 g/mol. The number of nitrogens with zero attached hydrogens (tertiary/aromatic N) is 3. The van der Waals surface area contributed by atoms with E-state index in [0.717, 1.165) is 65.2 Å². The maximum atomic E-state index is 12.2. The van der Waals surface area contributed by atoms with Crippen LogP contribution in [0.5, 0.6) is 0 Å². The van der Waals surface area contributed by atoms with E-state index in [2.05, 4.69) is 9.80 Å². The molecule has 2 fully saturated rings. The van der Waals surface area contributed by atoms with Gasteiger partial charge in [-0.15, -0.1) is 0 Å². The van der Waals surface area contributed by atoms with Crippen LogP contribution in [0.1, 0.15) is 12.8 Å². The van der Waals surface area contributed by atoms with Crippen molar-refractivity contribution in [3.05, 3.63) is 0 Å². The average Bonchev–Trinajstić information content (AvgIpc) is 2.71. The molecule has 1 amide bonds. The van der Waals surface area contributed by atoms with Crippen molar-refractivity contribution >= 4 is 5.91 Å². The van der Waals surface area contributed by atoms with Crippen LogP contribution < -0.4 is 5.73 Å². The van der Waals surface area contributed by atoms with E-state index in [0.29, 0.717) is 19.8 Å². The van der Waals surface area contributed by atoms with Gasteiger partial charge < -0.3 is 20.3 Å². The van der Waals surface area contributed by atoms with Gasteiger partial charge in [0.25, 0.3) is 0 Å². The summed E-state index contributed by atoms with van der Waals surface area (Å²) in [5.41, 5.74) is 5.56. The van der Waals surface area contributed by atoms with E-state index in [1.807, 2.05) is 4.90 Å². The Bertz CT molecular complexity index is 295. The molecule has 0 spiro atoms. The molecule has 0 aromatic heterocycles. The van der Waals surface area contributed by atoms with Crippen LogP contribution in [0.2, 0.25) is 0 Å². The molecule has 20 heavy (non-hydrogen) atoms. The number of nitrogens with two attached hydrogens (primary N) is 1. The van der Waals surface area contributed by atoms with Gasteiger partial charge in [0, 0.05) is 26.2 Å². The lowest BCUT2D eigenvalue weighted by Crippen LogP contribution is -2.46. The molecule has 2 rings (SSSR count). The van der Waals surface area contributed by atoms with Gasteiger partial charge in [-0.3, -0.25) is 9.69 Å². The van der Waals surface area contributed by atoms with E-state index in [4.69, 9.17) is 10.5 Å². The molecule has 0 atom stereocenters. The summed E-state index contributed by atoms with van der Waals surface area (Å²) in [7, 11) is 0. The third kappa shape index (κ3) is 5.01. The molecule has 0 radical (unpaired) electrons. The first-order valence-corrected chi connectivity index (χ1v) is 7.80. The van der Waals surface area contributed by atoms with Crippen molar-refractivity contribution in [3.8, 4) is 0 Å². The summed E-state index contributed by atoms with van der Waals surface area (Å²) in [6.07, 6.45) is 2.20. The van der Waals surface area contributed by atoms with Crippen LogP contribution in [0.25, 0.3) is 0 Å². The van der Waals surface area contributed by atoms with Gasteiger partial charge in [0.1, 0.15) is 0 Å². The molecule has 0 saturated carbocycles. The van der Waals surface area contributed by atoms with Gasteiger partial charge in [0.05, 0.1) is 19.8 Å². The Hall–Kier alpha value is -0.690. The third-order valence-corrected chi connectivity index (χ3v) is 4.08. The second kappa shape index (κ2) is 8.56. The van der Waals surface area contributed by atoms with Crippen LogP contribution in [-0.2, 0) is 9.53 Å². The minimum Gasteiger partial charge on any atom is -0.378 e. The summed E-state index contributed by atoms with van der Waals surface area (Å²) in [6, 6.07) is 0. The second-order valence-corrected chi connectivity index (χ2v) is 5.61. The number of hydrogen-bond donors (Lipinski definition) is 1. The van der Waals surface area contributed by atoms with E-state index in [1.54, 1.807) is 0 Å². The highest BCUT2D eigenvalue weighted by atomic mass is 16.5. The quantitative estimate of drug-likeness (QED) is 0.716. The Labute approximate surface area is 121 Å². The summed E-state index contributed by atoms with van der Waals surface area (Å²) >= 11 is 0. The fourth-order valence-corrected chi connectivity index (χ4v) is 2.83. The third-order valence-electron chi connectivity index (χ3n) is 4.08. The number of rotatable bonds is 5. The molecule has 2 aliphatic rings. The first kappa shape index (κ1) is 15.7. The number of hydrogen-bond acceptors (Lipinski definition) is 5. The van der Waals surface area contributed by atoms with Gasteiger partial charge in [-0.25, -0.2) is 0 Å². The molecule has 6 nitrogen and oxygen atoms in total. The van der Waals surface area contributed by atoms with Gasteiger partial charge in [-0.05, 0) is 39.0 Å². The predicted octanol–water partition coefficient (Wildman–Crippen LogP) is -0.798. The Balaban J connectivity index is 1.71. The van der Waals surface area contributed by atoms with E-state index in [9.17, 15) is 4.79 Å². The van der Waals surface area contributed by atoms with Gasteiger partial charge in [-0.1, -0.05) is 0 Å². The molecule has 6 heteroatoms. The number of amides is 1. The lowest BCUT2D eigenvalue weighted by Gasteiger charge is -2.29. The van der Waals surface area contributed by atoms with Crippen molar-refractivity contribution in [2.75, 3.05) is 72.1 Å². The topological polar surface area (TPSA) is 62.0 Å². The highest BCUT2D eigenvalue weighted by Crippen LogP contribution is 2.05. The van der Waals surface area contributed by atoms with Gasteiger partial charge in [-0.2, -0.15) is 0 Å². The molecule has 2 aliphatic heterocycles. The maximum absolute atomic E-state index is 12.2. The van der Waals surface area contributed by atoms with Crippen LogP contribution in [-0.4, -0.2) is 92.7 Å². The predicted molar refractivity (Wildman–Crippen MR) is 78.6 cm³/mol. The SMILES string of the molecule is NCCCN1CCCN(CC(=O)N2CCOCC2)CC1. The number of carbonyl (C=O) groups is 1. The number of morpholine rings is 1. The molecule has 2 saturated heterocycles. The summed E-state index contributed by atoms with van der Waals surface area (Å²) in [5, 5.41) is 0. The Morgan fingerprint density at radius 1 is 1.00 bits per heavy atom. The first-order valence-electron chi connectivity index (χ1n) is 7.80. The first-order chi connectivity index (χ1) is 9.79. The normalized spacial score (nSPS) is 22.8. The molecule has 0 bridgehead atoms. The van der Waals surface area contributed by atoms with Crippen molar-refractivity contribution in [1.82, 2.24) is 14.7 Å². The Morgan fingerprint density at radius 3 is 2.45 bits per heavy atom. The lowest BCUT2D eigenvalue weighted by atomic mass is 10.3. The summed E-state index contributed by atoms with van der Waals surface area (Å²) in [4.78, 5) is 18.9. The van der Waals surface area contributed by atoms with Crippen molar-refractivity contribution in [2.24, 2.45) is 5.73 Å². The zero-order valence-corrected chi connectivity index (χ0v) is 12.4. The van der Waals surface area contributed by atoms with Gasteiger partial charge in [0.15, 0.2) is 0 Å².